The number of benzene rings is 2. The number of nitrogens with one attached hydrogen (secondary N) is 1. The SMILES string of the molecule is O=C(NCC1CCN(Cc2cccs2)CC1)c1ccc(-c2ccccc2)cc1. The van der Waals surface area contributed by atoms with Crippen LogP contribution in [0.15, 0.2) is 72.1 Å². The third kappa shape index (κ3) is 4.89. The van der Waals surface area contributed by atoms with E-state index in [0.717, 1.165) is 50.1 Å². The van der Waals surface area contributed by atoms with Crippen molar-refractivity contribution in [1.82, 2.24) is 10.2 Å². The lowest BCUT2D eigenvalue weighted by molar-refractivity contribution is 0.0935. The predicted octanol–water partition coefficient (Wildman–Crippen LogP) is 5.06. The summed E-state index contributed by atoms with van der Waals surface area (Å²) in [6.07, 6.45) is 2.30. The number of amides is 1. The van der Waals surface area contributed by atoms with Crippen molar-refractivity contribution in [2.24, 2.45) is 5.92 Å². The smallest absolute Gasteiger partial charge is 0.251 e. The van der Waals surface area contributed by atoms with Gasteiger partial charge in [-0.25, -0.2) is 0 Å². The van der Waals surface area contributed by atoms with Gasteiger partial charge in [0.1, 0.15) is 0 Å². The predicted molar refractivity (Wildman–Crippen MR) is 117 cm³/mol. The molecule has 3 aromatic rings. The van der Waals surface area contributed by atoms with Gasteiger partial charge in [-0.3, -0.25) is 9.69 Å². The standard InChI is InChI=1S/C24H26N2OS/c27-24(22-10-8-21(9-11-22)20-5-2-1-3-6-20)25-17-19-12-14-26(15-13-19)18-23-7-4-16-28-23/h1-11,16,19H,12-15,17-18H2,(H,25,27). The highest BCUT2D eigenvalue weighted by Gasteiger charge is 2.20. The number of thiophene rings is 1. The van der Waals surface area contributed by atoms with Crippen LogP contribution < -0.4 is 5.32 Å². The fourth-order valence-electron chi connectivity index (χ4n) is 3.76. The van der Waals surface area contributed by atoms with Crippen LogP contribution in [0.25, 0.3) is 11.1 Å². The second-order valence-electron chi connectivity index (χ2n) is 7.45. The second kappa shape index (κ2) is 9.18. The average molecular weight is 391 g/mol. The number of rotatable bonds is 6. The van der Waals surface area contributed by atoms with Crippen molar-refractivity contribution in [3.05, 3.63) is 82.6 Å². The highest BCUT2D eigenvalue weighted by Crippen LogP contribution is 2.21. The van der Waals surface area contributed by atoms with E-state index in [0.29, 0.717) is 5.92 Å². The lowest BCUT2D eigenvalue weighted by Crippen LogP contribution is -2.38. The molecule has 1 fully saturated rings. The van der Waals surface area contributed by atoms with Crippen molar-refractivity contribution in [2.75, 3.05) is 19.6 Å². The second-order valence-corrected chi connectivity index (χ2v) is 8.48. The Balaban J connectivity index is 1.23. The molecule has 3 nitrogen and oxygen atoms in total. The quantitative estimate of drug-likeness (QED) is 0.638. The molecule has 1 saturated heterocycles. The van der Waals surface area contributed by atoms with E-state index in [9.17, 15) is 4.79 Å². The fourth-order valence-corrected chi connectivity index (χ4v) is 4.50. The molecule has 0 saturated carbocycles. The van der Waals surface area contributed by atoms with Gasteiger partial charge in [0.15, 0.2) is 0 Å². The first-order chi connectivity index (χ1) is 13.8. The number of nitrogens with zero attached hydrogens (tertiary/aromatic N) is 1. The van der Waals surface area contributed by atoms with Gasteiger partial charge >= 0.3 is 0 Å². The molecule has 1 N–H and O–H groups in total. The van der Waals surface area contributed by atoms with Crippen molar-refractivity contribution >= 4 is 17.2 Å². The lowest BCUT2D eigenvalue weighted by Gasteiger charge is -2.31. The van der Waals surface area contributed by atoms with Gasteiger partial charge in [0.05, 0.1) is 0 Å². The van der Waals surface area contributed by atoms with E-state index in [1.807, 2.05) is 53.8 Å². The molecule has 4 rings (SSSR count). The van der Waals surface area contributed by atoms with Gasteiger partial charge < -0.3 is 5.32 Å². The Morgan fingerprint density at radius 1 is 0.929 bits per heavy atom. The fraction of sp³-hybridized carbons (Fsp3) is 0.292. The minimum atomic E-state index is 0.0284. The molecule has 0 spiro atoms. The van der Waals surface area contributed by atoms with E-state index >= 15 is 0 Å². The molecule has 0 radical (unpaired) electrons. The summed E-state index contributed by atoms with van der Waals surface area (Å²) < 4.78 is 0. The zero-order chi connectivity index (χ0) is 19.2. The van der Waals surface area contributed by atoms with Gasteiger partial charge in [0.25, 0.3) is 5.91 Å². The van der Waals surface area contributed by atoms with Crippen LogP contribution in [-0.2, 0) is 6.54 Å². The maximum absolute atomic E-state index is 12.5. The monoisotopic (exact) mass is 390 g/mol. The summed E-state index contributed by atoms with van der Waals surface area (Å²) in [6, 6.07) is 22.4. The summed E-state index contributed by atoms with van der Waals surface area (Å²) in [4.78, 5) is 16.4. The Bertz CT molecular complexity index is 867. The molecule has 1 aromatic heterocycles. The van der Waals surface area contributed by atoms with Crippen molar-refractivity contribution in [3.63, 3.8) is 0 Å². The maximum atomic E-state index is 12.5. The third-order valence-corrected chi connectivity index (χ3v) is 6.33. The Kier molecular flexibility index (Phi) is 6.20. The van der Waals surface area contributed by atoms with E-state index in [2.05, 4.69) is 39.9 Å². The van der Waals surface area contributed by atoms with Gasteiger partial charge in [-0.2, -0.15) is 0 Å². The van der Waals surface area contributed by atoms with E-state index in [1.165, 1.54) is 10.4 Å². The number of carbonyl (C=O) groups is 1. The average Bonchev–Trinajstić information content (AvgIpc) is 3.27. The first kappa shape index (κ1) is 18.9. The largest absolute Gasteiger partial charge is 0.352 e. The molecule has 0 aliphatic carbocycles. The molecule has 0 atom stereocenters. The van der Waals surface area contributed by atoms with Crippen molar-refractivity contribution in [2.45, 2.75) is 19.4 Å². The minimum Gasteiger partial charge on any atom is -0.352 e. The highest BCUT2D eigenvalue weighted by molar-refractivity contribution is 7.09. The molecule has 1 aliphatic heterocycles. The van der Waals surface area contributed by atoms with Gasteiger partial charge in [-0.1, -0.05) is 48.5 Å². The third-order valence-electron chi connectivity index (χ3n) is 5.47. The van der Waals surface area contributed by atoms with E-state index < -0.39 is 0 Å². The Morgan fingerprint density at radius 3 is 2.32 bits per heavy atom. The van der Waals surface area contributed by atoms with Crippen LogP contribution in [0.3, 0.4) is 0 Å². The Morgan fingerprint density at radius 2 is 1.64 bits per heavy atom. The van der Waals surface area contributed by atoms with Crippen LogP contribution in [0, 0.1) is 5.92 Å². The van der Waals surface area contributed by atoms with Crippen LogP contribution in [0.1, 0.15) is 28.1 Å². The number of likely N-dealkylation sites (tertiary alicyclic amines) is 1. The summed E-state index contributed by atoms with van der Waals surface area (Å²) >= 11 is 1.83. The summed E-state index contributed by atoms with van der Waals surface area (Å²) in [5.41, 5.74) is 3.04. The molecule has 2 aromatic carbocycles. The zero-order valence-electron chi connectivity index (χ0n) is 16.0. The van der Waals surface area contributed by atoms with E-state index in [1.54, 1.807) is 0 Å². The molecule has 28 heavy (non-hydrogen) atoms. The molecule has 1 amide bonds. The first-order valence-electron chi connectivity index (χ1n) is 9.96. The van der Waals surface area contributed by atoms with Crippen molar-refractivity contribution < 1.29 is 4.79 Å². The van der Waals surface area contributed by atoms with Gasteiger partial charge in [0.2, 0.25) is 0 Å². The summed E-state index contributed by atoms with van der Waals surface area (Å²) in [7, 11) is 0. The zero-order valence-corrected chi connectivity index (χ0v) is 16.8. The highest BCUT2D eigenvalue weighted by atomic mass is 32.1. The first-order valence-corrected chi connectivity index (χ1v) is 10.8. The van der Waals surface area contributed by atoms with Crippen molar-refractivity contribution in [3.8, 4) is 11.1 Å². The van der Waals surface area contributed by atoms with E-state index in [-0.39, 0.29) is 5.91 Å². The minimum absolute atomic E-state index is 0.0284. The van der Waals surface area contributed by atoms with Crippen LogP contribution >= 0.6 is 11.3 Å². The molecule has 2 heterocycles. The normalized spacial score (nSPS) is 15.4. The summed E-state index contributed by atoms with van der Waals surface area (Å²) in [6.45, 7) is 4.06. The number of hydrogen-bond acceptors (Lipinski definition) is 3. The van der Waals surface area contributed by atoms with E-state index in [4.69, 9.17) is 0 Å². The molecule has 4 heteroatoms. The lowest BCUT2D eigenvalue weighted by atomic mass is 9.96. The van der Waals surface area contributed by atoms with Gasteiger partial charge in [-0.15, -0.1) is 11.3 Å². The van der Waals surface area contributed by atoms with Gasteiger partial charge in [-0.05, 0) is 66.6 Å². The Hall–Kier alpha value is -2.43. The molecule has 144 valence electrons. The van der Waals surface area contributed by atoms with Crippen molar-refractivity contribution in [1.29, 1.82) is 0 Å². The molecule has 0 bridgehead atoms. The number of hydrogen-bond donors (Lipinski definition) is 1. The Labute approximate surface area is 171 Å². The van der Waals surface area contributed by atoms with Crippen LogP contribution in [0.5, 0.6) is 0 Å². The van der Waals surface area contributed by atoms with Gasteiger partial charge in [0, 0.05) is 23.5 Å². The van der Waals surface area contributed by atoms with Crippen LogP contribution in [0.2, 0.25) is 0 Å². The number of piperidine rings is 1. The molecule has 0 unspecified atom stereocenters. The number of carbonyl (C=O) groups excluding carboxylic acids is 1. The maximum Gasteiger partial charge on any atom is 0.251 e. The topological polar surface area (TPSA) is 32.3 Å². The molecular formula is C24H26N2OS. The summed E-state index contributed by atoms with van der Waals surface area (Å²) in [5, 5.41) is 5.28. The molecular weight excluding hydrogens is 364 g/mol. The molecule has 1 aliphatic rings. The van der Waals surface area contributed by atoms with Crippen LogP contribution in [-0.4, -0.2) is 30.4 Å². The van der Waals surface area contributed by atoms with Crippen LogP contribution in [0.4, 0.5) is 0 Å². The summed E-state index contributed by atoms with van der Waals surface area (Å²) in [5.74, 6) is 0.604.